The molecule has 0 saturated heterocycles. The SMILES string of the molecule is CCCCCCCCCCCCCCCCCCCCC(=O)OC[C@H](COP(=O)(O)OC[C@@H](O)COP(=O)(O)OC[C@@H](COC(=O)CCCCCCCCCCCCC)OC(=O)CCCCCCCCCCC(C)CC)OC(=O)CCCCCCCCCCCCCCCCCC(C)C. The van der Waals surface area contributed by atoms with Gasteiger partial charge in [-0.1, -0.05) is 369 Å². The number of phosphoric acid groups is 2. The van der Waals surface area contributed by atoms with Crippen molar-refractivity contribution in [2.75, 3.05) is 39.6 Å². The first-order chi connectivity index (χ1) is 47.9. The number of aliphatic hydroxyl groups excluding tert-OH is 1. The summed E-state index contributed by atoms with van der Waals surface area (Å²) < 4.78 is 68.7. The first-order valence-electron chi connectivity index (χ1n) is 41.5. The molecule has 0 saturated carbocycles. The molecule has 3 N–H and O–H groups in total. The highest BCUT2D eigenvalue weighted by atomic mass is 31.2. The van der Waals surface area contributed by atoms with E-state index in [4.69, 9.17) is 37.0 Å². The van der Waals surface area contributed by atoms with E-state index in [1.165, 1.54) is 238 Å². The standard InChI is InChI=1S/C80H156O17P2/c1-7-10-12-14-16-18-20-21-22-23-24-27-30-34-38-45-51-57-63-78(83)91-68-75(96-79(84)64-58-52-46-39-35-31-28-25-26-29-33-36-42-48-54-60-72(4)5)70-94-98(86,87)92-66-74(81)67-93-99(88,89)95-71-76(69-90-77(82)62-56-50-44-37-32-19-17-15-13-11-8-2)97-80(85)65-59-53-47-41-40-43-49-55-61-73(6)9-3/h72-76,81H,7-71H2,1-6H3,(H,86,87)(H,88,89)/t73?,74-,75-,76-/m1/s1. The van der Waals surface area contributed by atoms with E-state index in [0.717, 1.165) is 102 Å². The topological polar surface area (TPSA) is 237 Å². The van der Waals surface area contributed by atoms with E-state index in [1.807, 2.05) is 0 Å². The molecule has 17 nitrogen and oxygen atoms in total. The molecule has 19 heteroatoms. The second-order valence-electron chi connectivity index (χ2n) is 29.5. The fourth-order valence-corrected chi connectivity index (χ4v) is 13.9. The number of aliphatic hydroxyl groups is 1. The van der Waals surface area contributed by atoms with Crippen molar-refractivity contribution in [3.05, 3.63) is 0 Å². The molecular weight excluding hydrogens is 1290 g/mol. The normalized spacial score (nSPS) is 14.2. The molecule has 0 aliphatic rings. The van der Waals surface area contributed by atoms with E-state index in [-0.39, 0.29) is 25.7 Å². The van der Waals surface area contributed by atoms with E-state index in [1.54, 1.807) is 0 Å². The molecule has 0 spiro atoms. The van der Waals surface area contributed by atoms with Gasteiger partial charge in [0.1, 0.15) is 19.3 Å². The maximum Gasteiger partial charge on any atom is 0.472 e. The lowest BCUT2D eigenvalue weighted by molar-refractivity contribution is -0.161. The van der Waals surface area contributed by atoms with Crippen LogP contribution < -0.4 is 0 Å². The van der Waals surface area contributed by atoms with E-state index in [0.29, 0.717) is 25.7 Å². The third-order valence-electron chi connectivity index (χ3n) is 19.1. The van der Waals surface area contributed by atoms with Gasteiger partial charge in [-0.2, -0.15) is 0 Å². The zero-order chi connectivity index (χ0) is 72.8. The van der Waals surface area contributed by atoms with Crippen molar-refractivity contribution in [1.82, 2.24) is 0 Å². The van der Waals surface area contributed by atoms with E-state index >= 15 is 0 Å². The van der Waals surface area contributed by atoms with Crippen LogP contribution >= 0.6 is 15.6 Å². The van der Waals surface area contributed by atoms with Crippen molar-refractivity contribution < 1.29 is 80.2 Å². The minimum Gasteiger partial charge on any atom is -0.462 e. The summed E-state index contributed by atoms with van der Waals surface area (Å²) in [6, 6.07) is 0. The van der Waals surface area contributed by atoms with Gasteiger partial charge >= 0.3 is 39.5 Å². The van der Waals surface area contributed by atoms with Crippen molar-refractivity contribution >= 4 is 39.5 Å². The Kier molecular flexibility index (Phi) is 70.3. The van der Waals surface area contributed by atoms with E-state index in [9.17, 15) is 43.2 Å². The number of rotatable bonds is 79. The quantitative estimate of drug-likeness (QED) is 0.0222. The monoisotopic (exact) mass is 1450 g/mol. The lowest BCUT2D eigenvalue weighted by Crippen LogP contribution is -2.30. The summed E-state index contributed by atoms with van der Waals surface area (Å²) in [5.74, 6) is -0.538. The average Bonchev–Trinajstić information content (AvgIpc) is 1.06. The minimum atomic E-state index is -4.96. The summed E-state index contributed by atoms with van der Waals surface area (Å²) in [7, 11) is -9.92. The Labute approximate surface area is 607 Å². The lowest BCUT2D eigenvalue weighted by Gasteiger charge is -2.21. The van der Waals surface area contributed by atoms with Crippen LogP contribution in [0.1, 0.15) is 420 Å². The molecule has 0 aromatic rings. The molecule has 0 amide bonds. The summed E-state index contributed by atoms with van der Waals surface area (Å²) in [4.78, 5) is 73.0. The second-order valence-corrected chi connectivity index (χ2v) is 32.4. The predicted octanol–water partition coefficient (Wildman–Crippen LogP) is 23.9. The van der Waals surface area contributed by atoms with Crippen LogP contribution in [0.3, 0.4) is 0 Å². The van der Waals surface area contributed by atoms with E-state index in [2.05, 4.69) is 41.5 Å². The molecule has 0 rings (SSSR count). The highest BCUT2D eigenvalue weighted by Gasteiger charge is 2.30. The minimum absolute atomic E-state index is 0.105. The fourth-order valence-electron chi connectivity index (χ4n) is 12.3. The predicted molar refractivity (Wildman–Crippen MR) is 405 cm³/mol. The van der Waals surface area contributed by atoms with Gasteiger partial charge in [0.2, 0.25) is 0 Å². The van der Waals surface area contributed by atoms with Gasteiger partial charge in [0.15, 0.2) is 12.2 Å². The van der Waals surface area contributed by atoms with Gasteiger partial charge in [-0.15, -0.1) is 0 Å². The number of hydrogen-bond donors (Lipinski definition) is 3. The number of esters is 4. The van der Waals surface area contributed by atoms with Crippen molar-refractivity contribution in [1.29, 1.82) is 0 Å². The first kappa shape index (κ1) is 97.1. The van der Waals surface area contributed by atoms with Gasteiger partial charge in [0.05, 0.1) is 26.4 Å². The summed E-state index contributed by atoms with van der Waals surface area (Å²) in [5, 5.41) is 10.6. The Morgan fingerprint density at radius 3 is 0.768 bits per heavy atom. The van der Waals surface area contributed by atoms with Gasteiger partial charge in [-0.05, 0) is 37.5 Å². The maximum atomic E-state index is 13.1. The Morgan fingerprint density at radius 2 is 0.515 bits per heavy atom. The van der Waals surface area contributed by atoms with Crippen LogP contribution in [-0.2, 0) is 65.4 Å². The van der Waals surface area contributed by atoms with E-state index < -0.39 is 97.5 Å². The number of hydrogen-bond acceptors (Lipinski definition) is 15. The Bertz CT molecular complexity index is 1910. The lowest BCUT2D eigenvalue weighted by atomic mass is 9.99. The number of phosphoric ester groups is 2. The molecule has 0 bridgehead atoms. The molecular formula is C80H156O17P2. The molecule has 0 heterocycles. The molecule has 0 fully saturated rings. The Morgan fingerprint density at radius 1 is 0.293 bits per heavy atom. The molecule has 0 aromatic carbocycles. The molecule has 0 radical (unpaired) electrons. The number of carbonyl (C=O) groups excluding carboxylic acids is 4. The number of carbonyl (C=O) groups is 4. The number of unbranched alkanes of at least 4 members (excludes halogenated alkanes) is 48. The van der Waals surface area contributed by atoms with Gasteiger partial charge in [0, 0.05) is 25.7 Å². The van der Waals surface area contributed by atoms with Crippen LogP contribution in [0.15, 0.2) is 0 Å². The molecule has 0 aliphatic carbocycles. The third kappa shape index (κ3) is 72.8. The van der Waals surface area contributed by atoms with Crippen LogP contribution in [0.5, 0.6) is 0 Å². The molecule has 588 valence electrons. The summed E-state index contributed by atoms with van der Waals surface area (Å²) in [6.07, 6.45) is 61.0. The summed E-state index contributed by atoms with van der Waals surface area (Å²) in [6.45, 7) is 9.65. The van der Waals surface area contributed by atoms with Crippen LogP contribution in [0.4, 0.5) is 0 Å². The van der Waals surface area contributed by atoms with Crippen molar-refractivity contribution in [2.45, 2.75) is 439 Å². The largest absolute Gasteiger partial charge is 0.472 e. The van der Waals surface area contributed by atoms with Gasteiger partial charge in [-0.3, -0.25) is 37.3 Å². The van der Waals surface area contributed by atoms with Gasteiger partial charge in [0.25, 0.3) is 0 Å². The highest BCUT2D eigenvalue weighted by molar-refractivity contribution is 7.47. The maximum absolute atomic E-state index is 13.1. The second kappa shape index (κ2) is 71.7. The zero-order valence-electron chi connectivity index (χ0n) is 64.8. The Hall–Kier alpha value is -1.94. The van der Waals surface area contributed by atoms with Crippen LogP contribution in [0, 0.1) is 11.8 Å². The summed E-state index contributed by atoms with van der Waals surface area (Å²) in [5.41, 5.74) is 0. The fraction of sp³-hybridized carbons (Fsp3) is 0.950. The Balaban J connectivity index is 5.24. The number of ether oxygens (including phenoxy) is 4. The van der Waals surface area contributed by atoms with Crippen LogP contribution in [-0.4, -0.2) is 96.7 Å². The molecule has 0 aliphatic heterocycles. The van der Waals surface area contributed by atoms with Crippen LogP contribution in [0.25, 0.3) is 0 Å². The van der Waals surface area contributed by atoms with Crippen molar-refractivity contribution in [3.8, 4) is 0 Å². The van der Waals surface area contributed by atoms with Crippen molar-refractivity contribution in [3.63, 3.8) is 0 Å². The van der Waals surface area contributed by atoms with Gasteiger partial charge < -0.3 is 33.8 Å². The average molecular weight is 1450 g/mol. The smallest absolute Gasteiger partial charge is 0.462 e. The molecule has 6 atom stereocenters. The van der Waals surface area contributed by atoms with Gasteiger partial charge in [-0.25, -0.2) is 9.13 Å². The molecule has 99 heavy (non-hydrogen) atoms. The first-order valence-corrected chi connectivity index (χ1v) is 44.5. The zero-order valence-corrected chi connectivity index (χ0v) is 66.6. The van der Waals surface area contributed by atoms with Crippen molar-refractivity contribution in [2.24, 2.45) is 11.8 Å². The van der Waals surface area contributed by atoms with Crippen LogP contribution in [0.2, 0.25) is 0 Å². The third-order valence-corrected chi connectivity index (χ3v) is 21.0. The molecule has 3 unspecified atom stereocenters. The summed E-state index contributed by atoms with van der Waals surface area (Å²) >= 11 is 0. The highest BCUT2D eigenvalue weighted by Crippen LogP contribution is 2.45. The molecule has 0 aromatic heterocycles.